The second-order valence-corrected chi connectivity index (χ2v) is 3.39. The lowest BCUT2D eigenvalue weighted by Gasteiger charge is -2.11. The van der Waals surface area contributed by atoms with E-state index in [1.54, 1.807) is 0 Å². The summed E-state index contributed by atoms with van der Waals surface area (Å²) in [7, 11) is 1.17. The minimum atomic E-state index is -1.31. The normalized spacial score (nSPS) is 14.1. The van der Waals surface area contributed by atoms with Crippen LogP contribution in [0.2, 0.25) is 0 Å². The highest BCUT2D eigenvalue weighted by atomic mass is 16.5. The molecule has 15 heavy (non-hydrogen) atoms. The number of carbonyl (C=O) groups excluding carboxylic acids is 2. The number of carbonyl (C=O) groups is 2. The van der Waals surface area contributed by atoms with Crippen molar-refractivity contribution >= 4 is 11.9 Å². The average Bonchev–Trinajstić information content (AvgIpc) is 2.24. The number of amides is 1. The molecule has 1 amide bonds. The second-order valence-electron chi connectivity index (χ2n) is 3.39. The highest BCUT2D eigenvalue weighted by Gasteiger charge is 2.16. The van der Waals surface area contributed by atoms with Crippen molar-refractivity contribution in [3.05, 3.63) is 0 Å². The molecule has 0 aliphatic carbocycles. The molecule has 6 heteroatoms. The van der Waals surface area contributed by atoms with Gasteiger partial charge in [0.2, 0.25) is 5.91 Å². The number of aliphatic hydroxyl groups is 1. The lowest BCUT2D eigenvalue weighted by Crippen LogP contribution is -2.38. The van der Waals surface area contributed by atoms with Crippen LogP contribution in [0.5, 0.6) is 0 Å². The van der Waals surface area contributed by atoms with Gasteiger partial charge in [0.1, 0.15) is 0 Å². The third kappa shape index (κ3) is 6.03. The molecule has 0 radical (unpaired) electrons. The molecular weight excluding hydrogens is 200 g/mol. The quantitative estimate of drug-likeness (QED) is 0.477. The highest BCUT2D eigenvalue weighted by Crippen LogP contribution is 1.97. The zero-order chi connectivity index (χ0) is 11.8. The predicted octanol–water partition coefficient (Wildman–Crippen LogP) is -1.38. The first-order valence-electron chi connectivity index (χ1n) is 4.73. The van der Waals surface area contributed by atoms with E-state index >= 15 is 0 Å². The first kappa shape index (κ1) is 13.9. The van der Waals surface area contributed by atoms with Gasteiger partial charge in [-0.3, -0.25) is 4.79 Å². The van der Waals surface area contributed by atoms with Crippen LogP contribution in [0, 0.1) is 5.92 Å². The number of hydrogen-bond donors (Lipinski definition) is 3. The SMILES string of the molecule is COC(=O)C(O)CNC(=O)CC(C)CN. The van der Waals surface area contributed by atoms with Gasteiger partial charge in [0.25, 0.3) is 0 Å². The average molecular weight is 218 g/mol. The van der Waals surface area contributed by atoms with Crippen LogP contribution < -0.4 is 11.1 Å². The Kier molecular flexibility index (Phi) is 6.64. The van der Waals surface area contributed by atoms with Crippen molar-refractivity contribution in [3.63, 3.8) is 0 Å². The van der Waals surface area contributed by atoms with Crippen LogP contribution in [-0.2, 0) is 14.3 Å². The van der Waals surface area contributed by atoms with Crippen molar-refractivity contribution in [1.29, 1.82) is 0 Å². The summed E-state index contributed by atoms with van der Waals surface area (Å²) in [6.45, 7) is 2.13. The zero-order valence-electron chi connectivity index (χ0n) is 9.03. The second kappa shape index (κ2) is 7.19. The maximum absolute atomic E-state index is 11.2. The molecule has 0 spiro atoms. The Bertz CT molecular complexity index is 220. The van der Waals surface area contributed by atoms with E-state index in [4.69, 9.17) is 10.8 Å². The van der Waals surface area contributed by atoms with E-state index in [9.17, 15) is 9.59 Å². The summed E-state index contributed by atoms with van der Waals surface area (Å²) >= 11 is 0. The Hall–Kier alpha value is -1.14. The first-order chi connectivity index (χ1) is 7.01. The summed E-state index contributed by atoms with van der Waals surface area (Å²) in [5.41, 5.74) is 5.34. The fourth-order valence-corrected chi connectivity index (χ4v) is 0.902. The van der Waals surface area contributed by atoms with Gasteiger partial charge in [-0.25, -0.2) is 4.79 Å². The smallest absolute Gasteiger partial charge is 0.336 e. The molecule has 0 fully saturated rings. The number of methoxy groups -OCH3 is 1. The number of hydrogen-bond acceptors (Lipinski definition) is 5. The third-order valence-corrected chi connectivity index (χ3v) is 1.90. The van der Waals surface area contributed by atoms with Gasteiger partial charge in [0.05, 0.1) is 13.7 Å². The number of nitrogens with two attached hydrogens (primary N) is 1. The molecule has 6 nitrogen and oxygen atoms in total. The van der Waals surface area contributed by atoms with Crippen molar-refractivity contribution in [3.8, 4) is 0 Å². The highest BCUT2D eigenvalue weighted by molar-refractivity contribution is 5.78. The molecule has 2 atom stereocenters. The fraction of sp³-hybridized carbons (Fsp3) is 0.778. The van der Waals surface area contributed by atoms with E-state index in [-0.39, 0.29) is 24.8 Å². The lowest BCUT2D eigenvalue weighted by molar-refractivity contribution is -0.150. The fourth-order valence-electron chi connectivity index (χ4n) is 0.902. The summed E-state index contributed by atoms with van der Waals surface area (Å²) in [5.74, 6) is -0.918. The first-order valence-corrected chi connectivity index (χ1v) is 4.73. The van der Waals surface area contributed by atoms with Crippen molar-refractivity contribution < 1.29 is 19.4 Å². The summed E-state index contributed by atoms with van der Waals surface area (Å²) in [6, 6.07) is 0. The van der Waals surface area contributed by atoms with Gasteiger partial charge < -0.3 is 20.9 Å². The molecule has 0 aromatic rings. The Labute approximate surface area is 88.8 Å². The van der Waals surface area contributed by atoms with Crippen LogP contribution >= 0.6 is 0 Å². The molecule has 0 aromatic carbocycles. The number of ether oxygens (including phenoxy) is 1. The van der Waals surface area contributed by atoms with Crippen LogP contribution in [0.25, 0.3) is 0 Å². The zero-order valence-corrected chi connectivity index (χ0v) is 9.03. The number of rotatable bonds is 6. The van der Waals surface area contributed by atoms with Crippen molar-refractivity contribution in [2.75, 3.05) is 20.2 Å². The van der Waals surface area contributed by atoms with E-state index in [2.05, 4.69) is 10.1 Å². The maximum Gasteiger partial charge on any atom is 0.336 e. The number of nitrogens with one attached hydrogen (secondary N) is 1. The van der Waals surface area contributed by atoms with Crippen LogP contribution in [0.15, 0.2) is 0 Å². The lowest BCUT2D eigenvalue weighted by atomic mass is 10.1. The topological polar surface area (TPSA) is 102 Å². The molecule has 4 N–H and O–H groups in total. The van der Waals surface area contributed by atoms with Crippen LogP contribution in [0.1, 0.15) is 13.3 Å². The molecule has 0 aliphatic rings. The Morgan fingerprint density at radius 3 is 2.60 bits per heavy atom. The minimum absolute atomic E-state index is 0.0836. The van der Waals surface area contributed by atoms with Crippen LogP contribution in [0.4, 0.5) is 0 Å². The molecule has 0 heterocycles. The summed E-state index contributed by atoms with van der Waals surface area (Å²) in [4.78, 5) is 22.0. The van der Waals surface area contributed by atoms with Crippen LogP contribution in [0.3, 0.4) is 0 Å². The molecule has 0 rings (SSSR count). The summed E-state index contributed by atoms with van der Waals surface area (Å²) in [6.07, 6.45) is -1.03. The summed E-state index contributed by atoms with van der Waals surface area (Å²) in [5, 5.41) is 11.6. The van der Waals surface area contributed by atoms with E-state index in [1.807, 2.05) is 6.92 Å². The number of esters is 1. The molecule has 0 aromatic heterocycles. The van der Waals surface area contributed by atoms with Gasteiger partial charge in [-0.2, -0.15) is 0 Å². The van der Waals surface area contributed by atoms with Gasteiger partial charge >= 0.3 is 5.97 Å². The van der Waals surface area contributed by atoms with E-state index < -0.39 is 12.1 Å². The largest absolute Gasteiger partial charge is 0.467 e. The standard InChI is InChI=1S/C9H18N2O4/c1-6(4-10)3-8(13)11-5-7(12)9(14)15-2/h6-7,12H,3-5,10H2,1-2H3,(H,11,13). The molecule has 2 unspecified atom stereocenters. The number of aliphatic hydroxyl groups excluding tert-OH is 1. The van der Waals surface area contributed by atoms with Crippen molar-refractivity contribution in [2.24, 2.45) is 11.7 Å². The van der Waals surface area contributed by atoms with Gasteiger partial charge in [0, 0.05) is 6.42 Å². The molecule has 0 saturated heterocycles. The minimum Gasteiger partial charge on any atom is -0.467 e. The summed E-state index contributed by atoms with van der Waals surface area (Å²) < 4.78 is 4.29. The predicted molar refractivity (Wildman–Crippen MR) is 53.9 cm³/mol. The molecular formula is C9H18N2O4. The van der Waals surface area contributed by atoms with Crippen LogP contribution in [-0.4, -0.2) is 43.3 Å². The van der Waals surface area contributed by atoms with E-state index in [0.29, 0.717) is 6.54 Å². The van der Waals surface area contributed by atoms with E-state index in [1.165, 1.54) is 7.11 Å². The molecule has 0 aliphatic heterocycles. The Morgan fingerprint density at radius 1 is 1.53 bits per heavy atom. The maximum atomic E-state index is 11.2. The van der Waals surface area contributed by atoms with Crippen molar-refractivity contribution in [2.45, 2.75) is 19.4 Å². The Morgan fingerprint density at radius 2 is 2.13 bits per heavy atom. The van der Waals surface area contributed by atoms with Gasteiger partial charge in [-0.15, -0.1) is 0 Å². The molecule has 0 bridgehead atoms. The molecule has 0 saturated carbocycles. The van der Waals surface area contributed by atoms with Crippen molar-refractivity contribution in [1.82, 2.24) is 5.32 Å². The Balaban J connectivity index is 3.75. The van der Waals surface area contributed by atoms with Gasteiger partial charge in [-0.1, -0.05) is 6.92 Å². The van der Waals surface area contributed by atoms with Gasteiger partial charge in [0.15, 0.2) is 6.10 Å². The third-order valence-electron chi connectivity index (χ3n) is 1.90. The van der Waals surface area contributed by atoms with Gasteiger partial charge in [-0.05, 0) is 12.5 Å². The van der Waals surface area contributed by atoms with E-state index in [0.717, 1.165) is 0 Å². The molecule has 88 valence electrons. The monoisotopic (exact) mass is 218 g/mol.